The first-order valence-electron chi connectivity index (χ1n) is 7.75. The second-order valence-electron chi connectivity index (χ2n) is 6.59. The largest absolute Gasteiger partial charge is 0.312 e. The SMILES string of the molecule is Cl.O=c1cccc2n1CC1CC2CN(C2CCCC2)C1. The van der Waals surface area contributed by atoms with Crippen molar-refractivity contribution in [3.8, 4) is 0 Å². The van der Waals surface area contributed by atoms with Crippen LogP contribution in [-0.2, 0) is 6.54 Å². The zero-order chi connectivity index (χ0) is 12.8. The van der Waals surface area contributed by atoms with Crippen LogP contribution < -0.4 is 5.56 Å². The number of hydrogen-bond acceptors (Lipinski definition) is 2. The topological polar surface area (TPSA) is 25.2 Å². The number of piperidine rings is 1. The van der Waals surface area contributed by atoms with E-state index in [9.17, 15) is 4.79 Å². The minimum absolute atomic E-state index is 0. The van der Waals surface area contributed by atoms with Crippen molar-refractivity contribution >= 4 is 12.4 Å². The normalized spacial score (nSPS) is 29.8. The lowest BCUT2D eigenvalue weighted by Crippen LogP contribution is -2.49. The molecule has 2 aliphatic heterocycles. The fraction of sp³-hybridized carbons (Fsp3) is 0.688. The predicted molar refractivity (Wildman–Crippen MR) is 82.6 cm³/mol. The first-order chi connectivity index (χ1) is 9.31. The molecule has 2 fully saturated rings. The van der Waals surface area contributed by atoms with Crippen molar-refractivity contribution in [3.05, 3.63) is 34.2 Å². The molecule has 0 aromatic carbocycles. The molecule has 3 aliphatic rings. The van der Waals surface area contributed by atoms with Gasteiger partial charge >= 0.3 is 0 Å². The molecule has 1 saturated carbocycles. The second kappa shape index (κ2) is 5.53. The molecule has 4 heteroatoms. The Balaban J connectivity index is 0.00000121. The molecule has 0 N–H and O–H groups in total. The molecule has 4 rings (SSSR count). The third-order valence-electron chi connectivity index (χ3n) is 5.35. The van der Waals surface area contributed by atoms with Crippen molar-refractivity contribution in [1.29, 1.82) is 0 Å². The Morgan fingerprint density at radius 3 is 2.65 bits per heavy atom. The van der Waals surface area contributed by atoms with Crippen LogP contribution >= 0.6 is 12.4 Å². The summed E-state index contributed by atoms with van der Waals surface area (Å²) in [6.07, 6.45) is 6.88. The van der Waals surface area contributed by atoms with E-state index in [0.717, 1.165) is 12.6 Å². The van der Waals surface area contributed by atoms with Gasteiger partial charge in [-0.2, -0.15) is 0 Å². The molecule has 110 valence electrons. The van der Waals surface area contributed by atoms with E-state index >= 15 is 0 Å². The molecule has 1 aromatic heterocycles. The van der Waals surface area contributed by atoms with Crippen molar-refractivity contribution in [2.75, 3.05) is 13.1 Å². The highest BCUT2D eigenvalue weighted by Crippen LogP contribution is 2.37. The van der Waals surface area contributed by atoms with Gasteiger partial charge < -0.3 is 4.57 Å². The highest BCUT2D eigenvalue weighted by Gasteiger charge is 2.37. The Kier molecular flexibility index (Phi) is 3.91. The number of aromatic nitrogens is 1. The number of hydrogen-bond donors (Lipinski definition) is 0. The molecule has 3 nitrogen and oxygen atoms in total. The number of fused-ring (bicyclic) bond motifs is 4. The van der Waals surface area contributed by atoms with Crippen LogP contribution in [0.1, 0.15) is 43.7 Å². The van der Waals surface area contributed by atoms with E-state index in [1.165, 1.54) is 50.9 Å². The molecular formula is C16H23ClN2O. The van der Waals surface area contributed by atoms with Crippen LogP contribution in [0.25, 0.3) is 0 Å². The molecule has 1 saturated heterocycles. The summed E-state index contributed by atoms with van der Waals surface area (Å²) in [5.41, 5.74) is 1.48. The van der Waals surface area contributed by atoms with E-state index in [1.54, 1.807) is 6.07 Å². The minimum Gasteiger partial charge on any atom is -0.312 e. The van der Waals surface area contributed by atoms with E-state index in [0.29, 0.717) is 11.8 Å². The maximum absolute atomic E-state index is 12.0. The number of rotatable bonds is 1. The van der Waals surface area contributed by atoms with Crippen molar-refractivity contribution in [2.45, 2.75) is 50.6 Å². The lowest BCUT2D eigenvalue weighted by atomic mass is 9.82. The summed E-state index contributed by atoms with van der Waals surface area (Å²) in [4.78, 5) is 14.7. The summed E-state index contributed by atoms with van der Waals surface area (Å²) >= 11 is 0. The Hall–Kier alpha value is -0.800. The third kappa shape index (κ3) is 2.31. The lowest BCUT2D eigenvalue weighted by molar-refractivity contribution is 0.0835. The molecular weight excluding hydrogens is 272 g/mol. The van der Waals surface area contributed by atoms with Gasteiger partial charge in [0.2, 0.25) is 0 Å². The summed E-state index contributed by atoms with van der Waals surface area (Å²) in [5, 5.41) is 0. The molecule has 0 amide bonds. The monoisotopic (exact) mass is 294 g/mol. The molecule has 3 heterocycles. The summed E-state index contributed by atoms with van der Waals surface area (Å²) < 4.78 is 2.03. The van der Waals surface area contributed by atoms with Crippen LogP contribution in [0, 0.1) is 5.92 Å². The Morgan fingerprint density at radius 1 is 1.05 bits per heavy atom. The van der Waals surface area contributed by atoms with Crippen molar-refractivity contribution in [1.82, 2.24) is 9.47 Å². The zero-order valence-electron chi connectivity index (χ0n) is 11.8. The lowest BCUT2D eigenvalue weighted by Gasteiger charge is -2.45. The van der Waals surface area contributed by atoms with E-state index in [-0.39, 0.29) is 18.0 Å². The quantitative estimate of drug-likeness (QED) is 0.795. The average molecular weight is 295 g/mol. The van der Waals surface area contributed by atoms with Crippen LogP contribution in [0.15, 0.2) is 23.0 Å². The Morgan fingerprint density at radius 2 is 1.85 bits per heavy atom. The zero-order valence-corrected chi connectivity index (χ0v) is 12.6. The van der Waals surface area contributed by atoms with Gasteiger partial charge in [0.15, 0.2) is 0 Å². The summed E-state index contributed by atoms with van der Waals surface area (Å²) in [5.74, 6) is 1.27. The Labute approximate surface area is 126 Å². The summed E-state index contributed by atoms with van der Waals surface area (Å²) in [6, 6.07) is 6.63. The van der Waals surface area contributed by atoms with Gasteiger partial charge in [0.25, 0.3) is 5.56 Å². The molecule has 1 aromatic rings. The predicted octanol–water partition coefficient (Wildman–Crippen LogP) is 2.63. The number of pyridine rings is 1. The summed E-state index contributed by atoms with van der Waals surface area (Å²) in [7, 11) is 0. The number of nitrogens with zero attached hydrogens (tertiary/aromatic N) is 2. The van der Waals surface area contributed by atoms with Gasteiger partial charge in [0, 0.05) is 43.4 Å². The number of likely N-dealkylation sites (tertiary alicyclic amines) is 1. The summed E-state index contributed by atoms with van der Waals surface area (Å²) in [6.45, 7) is 3.32. The first-order valence-corrected chi connectivity index (χ1v) is 7.75. The van der Waals surface area contributed by atoms with Crippen LogP contribution in [0.5, 0.6) is 0 Å². The molecule has 20 heavy (non-hydrogen) atoms. The third-order valence-corrected chi connectivity index (χ3v) is 5.35. The molecule has 1 aliphatic carbocycles. The molecule has 0 spiro atoms. The first kappa shape index (κ1) is 14.2. The molecule has 0 radical (unpaired) electrons. The van der Waals surface area contributed by atoms with E-state index < -0.39 is 0 Å². The van der Waals surface area contributed by atoms with Gasteiger partial charge in [-0.15, -0.1) is 12.4 Å². The van der Waals surface area contributed by atoms with Crippen LogP contribution in [0.3, 0.4) is 0 Å². The highest BCUT2D eigenvalue weighted by atomic mass is 35.5. The fourth-order valence-corrected chi connectivity index (χ4v) is 4.50. The number of halogens is 1. The van der Waals surface area contributed by atoms with Gasteiger partial charge in [-0.05, 0) is 31.2 Å². The minimum atomic E-state index is 0. The second-order valence-corrected chi connectivity index (χ2v) is 6.59. The maximum Gasteiger partial charge on any atom is 0.250 e. The maximum atomic E-state index is 12.0. The van der Waals surface area contributed by atoms with Crippen LogP contribution in [0.2, 0.25) is 0 Å². The molecule has 2 unspecified atom stereocenters. The van der Waals surface area contributed by atoms with Crippen molar-refractivity contribution in [3.63, 3.8) is 0 Å². The fourth-order valence-electron chi connectivity index (χ4n) is 4.50. The van der Waals surface area contributed by atoms with Gasteiger partial charge in [0.1, 0.15) is 0 Å². The average Bonchev–Trinajstić information content (AvgIpc) is 2.94. The van der Waals surface area contributed by atoms with E-state index in [4.69, 9.17) is 0 Å². The van der Waals surface area contributed by atoms with Crippen molar-refractivity contribution < 1.29 is 0 Å². The van der Waals surface area contributed by atoms with E-state index in [1.807, 2.05) is 10.6 Å². The van der Waals surface area contributed by atoms with Crippen LogP contribution in [-0.4, -0.2) is 28.6 Å². The van der Waals surface area contributed by atoms with Gasteiger partial charge in [-0.25, -0.2) is 0 Å². The van der Waals surface area contributed by atoms with Gasteiger partial charge in [-0.1, -0.05) is 18.9 Å². The van der Waals surface area contributed by atoms with Gasteiger partial charge in [0.05, 0.1) is 0 Å². The molecule has 2 atom stereocenters. The highest BCUT2D eigenvalue weighted by molar-refractivity contribution is 5.85. The molecule has 2 bridgehead atoms. The Bertz CT molecular complexity index is 536. The van der Waals surface area contributed by atoms with Gasteiger partial charge in [-0.3, -0.25) is 9.69 Å². The van der Waals surface area contributed by atoms with Crippen molar-refractivity contribution in [2.24, 2.45) is 5.92 Å². The van der Waals surface area contributed by atoms with Crippen LogP contribution in [0.4, 0.5) is 0 Å². The standard InChI is InChI=1S/C16H22N2O.ClH/c19-16-7-3-6-15-13-8-12(10-18(15)16)9-17(11-13)14-4-1-2-5-14;/h3,6-7,12-14H,1-2,4-5,8-11H2;1H. The van der Waals surface area contributed by atoms with E-state index in [2.05, 4.69) is 11.0 Å². The smallest absolute Gasteiger partial charge is 0.250 e.